The van der Waals surface area contributed by atoms with Crippen LogP contribution in [-0.4, -0.2) is 48.8 Å². The molecule has 2 aromatic rings. The lowest BCUT2D eigenvalue weighted by atomic mass is 9.86. The van der Waals surface area contributed by atoms with Crippen molar-refractivity contribution < 1.29 is 48.2 Å². The van der Waals surface area contributed by atoms with E-state index in [-0.39, 0.29) is 30.0 Å². The highest BCUT2D eigenvalue weighted by Gasteiger charge is 2.24. The number of carbonyl (C=O) groups excluding carboxylic acids is 1. The van der Waals surface area contributed by atoms with Crippen molar-refractivity contribution in [2.24, 2.45) is 5.92 Å². The summed E-state index contributed by atoms with van der Waals surface area (Å²) >= 11 is 1.92. The van der Waals surface area contributed by atoms with Crippen molar-refractivity contribution in [2.45, 2.75) is 37.4 Å². The maximum absolute atomic E-state index is 11.6. The number of non-ortho nitro benzene ring substituents is 1. The number of hydrogen-bond acceptors (Lipinski definition) is 6. The first-order valence-corrected chi connectivity index (χ1v) is 11.6. The summed E-state index contributed by atoms with van der Waals surface area (Å²) < 4.78 is 23.3. The van der Waals surface area contributed by atoms with Gasteiger partial charge in [0.05, 0.1) is 10.8 Å². The fourth-order valence-electron chi connectivity index (χ4n) is 2.77. The Bertz CT molecular complexity index is 1120. The zero-order valence-electron chi connectivity index (χ0n) is 20.3. The number of hydrogen-bond donors (Lipinski definition) is 3. The second-order valence-electron chi connectivity index (χ2n) is 7.65. The number of nitrogens with zero attached hydrogens (tertiary/aromatic N) is 1. The number of nitro groups is 1. The molecule has 0 aliphatic heterocycles. The van der Waals surface area contributed by atoms with E-state index in [9.17, 15) is 38.1 Å². The van der Waals surface area contributed by atoms with E-state index in [4.69, 9.17) is 15.3 Å². The zero-order chi connectivity index (χ0) is 29.5. The van der Waals surface area contributed by atoms with Crippen LogP contribution in [0.1, 0.15) is 37.3 Å². The summed E-state index contributed by atoms with van der Waals surface area (Å²) in [7, 11) is 0. The van der Waals surface area contributed by atoms with Crippen LogP contribution in [-0.2, 0) is 25.6 Å². The molecule has 0 heterocycles. The molecular weight excluding hydrogens is 576 g/mol. The number of rotatable bonds is 10. The molecule has 2 unspecified atom stereocenters. The van der Waals surface area contributed by atoms with Crippen molar-refractivity contribution in [1.82, 2.24) is 0 Å². The van der Waals surface area contributed by atoms with Gasteiger partial charge in [0.25, 0.3) is 5.69 Å². The van der Waals surface area contributed by atoms with Crippen molar-refractivity contribution in [3.63, 3.8) is 0 Å². The van der Waals surface area contributed by atoms with Gasteiger partial charge in [-0.3, -0.25) is 19.7 Å². The Hall–Kier alpha value is -4.00. The number of carbonyl (C=O) groups is 4. The summed E-state index contributed by atoms with van der Waals surface area (Å²) in [6.07, 6.45) is 1.24. The van der Waals surface area contributed by atoms with E-state index < -0.39 is 33.4 Å². The van der Waals surface area contributed by atoms with Gasteiger partial charge in [-0.2, -0.15) is 8.78 Å². The fourth-order valence-corrected chi connectivity index (χ4v) is 2.91. The van der Waals surface area contributed by atoms with Gasteiger partial charge in [-0.1, -0.05) is 62.7 Å². The molecule has 2 rings (SSSR count). The summed E-state index contributed by atoms with van der Waals surface area (Å²) in [5.41, 5.74) is 1.24. The van der Waals surface area contributed by atoms with E-state index >= 15 is 0 Å². The second kappa shape index (κ2) is 16.7. The van der Waals surface area contributed by atoms with E-state index in [0.29, 0.717) is 11.6 Å². The second-order valence-corrected chi connectivity index (χ2v) is 8.71. The average molecular weight is 602 g/mol. The van der Waals surface area contributed by atoms with Crippen molar-refractivity contribution in [3.05, 3.63) is 88.0 Å². The number of halogens is 3. The first-order chi connectivity index (χ1) is 17.6. The lowest BCUT2D eigenvalue weighted by Crippen LogP contribution is -2.18. The lowest BCUT2D eigenvalue weighted by Gasteiger charge is -2.18. The van der Waals surface area contributed by atoms with Crippen LogP contribution in [0.25, 0.3) is 0 Å². The predicted molar refractivity (Wildman–Crippen MR) is 136 cm³/mol. The Morgan fingerprint density at radius 2 is 1.55 bits per heavy atom. The highest BCUT2D eigenvalue weighted by molar-refractivity contribution is 9.10. The van der Waals surface area contributed by atoms with Crippen LogP contribution >= 0.6 is 15.9 Å². The molecule has 38 heavy (non-hydrogen) atoms. The monoisotopic (exact) mass is 601 g/mol. The number of carboxylic acid groups (broad SMARTS) is 3. The molecule has 0 amide bonds. The predicted octanol–water partition coefficient (Wildman–Crippen LogP) is 5.31. The third-order valence-electron chi connectivity index (χ3n) is 4.80. The van der Waals surface area contributed by atoms with Crippen LogP contribution in [0.2, 0.25) is 0 Å². The molecule has 13 heteroatoms. The highest BCUT2D eigenvalue weighted by Crippen LogP contribution is 2.26. The van der Waals surface area contributed by atoms with Gasteiger partial charge in [0.1, 0.15) is 0 Å². The number of ketones is 1. The lowest BCUT2D eigenvalue weighted by molar-refractivity contribution is -0.384. The van der Waals surface area contributed by atoms with Crippen LogP contribution in [0.3, 0.4) is 0 Å². The highest BCUT2D eigenvalue weighted by atomic mass is 79.9. The molecule has 0 aliphatic carbocycles. The molecule has 0 radical (unpaired) electrons. The molecule has 0 bridgehead atoms. The number of benzene rings is 2. The van der Waals surface area contributed by atoms with Crippen LogP contribution < -0.4 is 0 Å². The minimum Gasteiger partial charge on any atom is -0.481 e. The topological polar surface area (TPSA) is 172 Å². The molecule has 0 aliphatic rings. The summed E-state index contributed by atoms with van der Waals surface area (Å²) in [4.78, 5) is 48.2. The molecule has 3 N–H and O–H groups in total. The molecule has 0 fully saturated rings. The maximum Gasteiger partial charge on any atom is 0.372 e. The molecule has 0 spiro atoms. The first-order valence-electron chi connectivity index (χ1n) is 10.8. The summed E-state index contributed by atoms with van der Waals surface area (Å²) in [6, 6.07) is 14.6. The maximum atomic E-state index is 11.6. The van der Waals surface area contributed by atoms with E-state index in [2.05, 4.69) is 0 Å². The van der Waals surface area contributed by atoms with Gasteiger partial charge in [0.15, 0.2) is 0 Å². The van der Waals surface area contributed by atoms with Crippen LogP contribution in [0.15, 0.2) is 66.7 Å². The normalized spacial score (nSPS) is 12.1. The van der Waals surface area contributed by atoms with Gasteiger partial charge >= 0.3 is 22.7 Å². The standard InChI is InChI=1S/C12H16O2.C9H7NO5.C4H3BrF2O2/c1-3-9(2)11(12(13)14)10-7-5-4-6-8-10;11-8(9(12)13)5-6-1-3-7(4-2-6)10(14)15;5-4(6,7)2-1-3(8)9/h4-9,11H,3H2,1-2H3,(H,13,14);1-4H,5H2,(H,12,13);1-2H,(H,8,9). The van der Waals surface area contributed by atoms with Gasteiger partial charge in [-0.25, -0.2) is 9.59 Å². The minimum absolute atomic E-state index is 0.0958. The van der Waals surface area contributed by atoms with Crippen LogP contribution in [0.4, 0.5) is 14.5 Å². The number of Topliss-reactive ketones (excluding diaryl/α,β-unsaturated/α-hetero) is 1. The molecule has 206 valence electrons. The molecule has 0 aromatic heterocycles. The van der Waals surface area contributed by atoms with Gasteiger partial charge in [0.2, 0.25) is 5.78 Å². The van der Waals surface area contributed by atoms with Crippen molar-refractivity contribution >= 4 is 45.3 Å². The Balaban J connectivity index is 0.000000559. The summed E-state index contributed by atoms with van der Waals surface area (Å²) in [5, 5.41) is 35.6. The Morgan fingerprint density at radius 3 is 1.89 bits per heavy atom. The van der Waals surface area contributed by atoms with E-state index in [1.165, 1.54) is 24.3 Å². The zero-order valence-corrected chi connectivity index (χ0v) is 21.9. The average Bonchev–Trinajstić information content (AvgIpc) is 2.84. The van der Waals surface area contributed by atoms with Crippen molar-refractivity contribution in [1.29, 1.82) is 0 Å². The quantitative estimate of drug-likeness (QED) is 0.107. The van der Waals surface area contributed by atoms with Crippen molar-refractivity contribution in [3.8, 4) is 0 Å². The molecule has 0 saturated heterocycles. The smallest absolute Gasteiger partial charge is 0.372 e. The van der Waals surface area contributed by atoms with Crippen LogP contribution in [0.5, 0.6) is 0 Å². The summed E-state index contributed by atoms with van der Waals surface area (Å²) in [5.74, 6) is -4.77. The molecule has 10 nitrogen and oxygen atoms in total. The van der Waals surface area contributed by atoms with E-state index in [1.54, 1.807) is 0 Å². The first kappa shape index (κ1) is 34.0. The molecule has 2 aromatic carbocycles. The van der Waals surface area contributed by atoms with Gasteiger partial charge in [0, 0.05) is 30.7 Å². The molecule has 0 saturated carbocycles. The van der Waals surface area contributed by atoms with E-state index in [0.717, 1.165) is 12.0 Å². The SMILES string of the molecule is CCC(C)C(C(=O)O)c1ccccc1.O=C(O)C(=O)Cc1ccc([N+](=O)[O-])cc1.O=C(O)C=CC(F)(F)Br. The molecular formula is C25H26BrF2NO9. The van der Waals surface area contributed by atoms with Gasteiger partial charge in [-0.15, -0.1) is 0 Å². The van der Waals surface area contributed by atoms with E-state index in [1.807, 2.05) is 60.1 Å². The van der Waals surface area contributed by atoms with Crippen LogP contribution in [0, 0.1) is 16.0 Å². The Labute approximate surface area is 224 Å². The number of alkyl halides is 3. The largest absolute Gasteiger partial charge is 0.481 e. The fraction of sp³-hybridized carbons (Fsp3) is 0.280. The number of nitro benzene ring substituents is 1. The Kier molecular flexibility index (Phi) is 14.9. The number of carboxylic acids is 3. The van der Waals surface area contributed by atoms with Crippen molar-refractivity contribution in [2.75, 3.05) is 0 Å². The third kappa shape index (κ3) is 14.5. The number of allylic oxidation sites excluding steroid dienone is 1. The minimum atomic E-state index is -3.22. The van der Waals surface area contributed by atoms with Gasteiger partial charge in [-0.05, 0) is 33.0 Å². The number of aliphatic carboxylic acids is 3. The van der Waals surface area contributed by atoms with Gasteiger partial charge < -0.3 is 15.3 Å². The Morgan fingerprint density at radius 1 is 1.03 bits per heavy atom. The third-order valence-corrected chi connectivity index (χ3v) is 5.07. The molecule has 2 atom stereocenters. The summed E-state index contributed by atoms with van der Waals surface area (Å²) in [6.45, 7) is 4.00.